The molecule has 3 nitrogen and oxygen atoms in total. The van der Waals surface area contributed by atoms with Gasteiger partial charge in [0, 0.05) is 18.8 Å². The summed E-state index contributed by atoms with van der Waals surface area (Å²) in [5.74, 6) is -0.255. The summed E-state index contributed by atoms with van der Waals surface area (Å²) in [4.78, 5) is 17.9. The molecule has 3 rings (SSSR count). The van der Waals surface area contributed by atoms with Crippen molar-refractivity contribution in [1.29, 1.82) is 0 Å². The Morgan fingerprint density at radius 2 is 1.55 bits per heavy atom. The molecule has 1 heterocycles. The van der Waals surface area contributed by atoms with Gasteiger partial charge in [0.2, 0.25) is 5.91 Å². The molecule has 0 bridgehead atoms. The van der Waals surface area contributed by atoms with Crippen LogP contribution in [0.3, 0.4) is 0 Å². The lowest BCUT2D eigenvalue weighted by atomic mass is 10.1. The summed E-state index contributed by atoms with van der Waals surface area (Å²) in [5, 5.41) is 0.289. The number of hydrogen-bond acceptors (Lipinski definition) is 3. The van der Waals surface area contributed by atoms with Gasteiger partial charge in [-0.25, -0.2) is 4.98 Å². The maximum Gasteiger partial charge on any atom is 0.417 e. The van der Waals surface area contributed by atoms with Gasteiger partial charge < -0.3 is 4.90 Å². The number of pyridine rings is 1. The second-order valence-corrected chi connectivity index (χ2v) is 7.61. The minimum absolute atomic E-state index is 0.0184. The first-order chi connectivity index (χ1) is 13.5. The van der Waals surface area contributed by atoms with Crippen molar-refractivity contribution in [3.05, 3.63) is 59.3 Å². The number of aromatic nitrogens is 1. The van der Waals surface area contributed by atoms with E-state index in [0.717, 1.165) is 42.8 Å². The Bertz CT molecular complexity index is 845. The Hall–Kier alpha value is -2.23. The molecule has 1 aromatic carbocycles. The van der Waals surface area contributed by atoms with Gasteiger partial charge in [0.15, 0.2) is 0 Å². The lowest BCUT2D eigenvalue weighted by molar-refractivity contribution is -0.138. The first kappa shape index (κ1) is 21.5. The maximum atomic E-state index is 12.7. The van der Waals surface area contributed by atoms with Gasteiger partial charge in [-0.05, 0) is 42.7 Å². The first-order valence-electron chi connectivity index (χ1n) is 8.65. The van der Waals surface area contributed by atoms with Crippen molar-refractivity contribution in [2.45, 2.75) is 42.8 Å². The Balaban J connectivity index is 1.60. The number of amides is 1. The fourth-order valence-electron chi connectivity index (χ4n) is 2.65. The van der Waals surface area contributed by atoms with E-state index in [-0.39, 0.29) is 29.3 Å². The molecule has 1 aromatic heterocycles. The molecular weight excluding hydrogens is 418 g/mol. The van der Waals surface area contributed by atoms with Crippen molar-refractivity contribution in [3.63, 3.8) is 0 Å². The topological polar surface area (TPSA) is 33.2 Å². The Kier molecular flexibility index (Phi) is 6.11. The fraction of sp³-hybridized carbons (Fsp3) is 0.368. The third-order valence-corrected chi connectivity index (χ3v) is 5.28. The first-order valence-corrected chi connectivity index (χ1v) is 9.64. The van der Waals surface area contributed by atoms with Crippen LogP contribution in [0.1, 0.15) is 29.5 Å². The lowest BCUT2D eigenvalue weighted by Gasteiger charge is -2.22. The Morgan fingerprint density at radius 3 is 2.03 bits per heavy atom. The van der Waals surface area contributed by atoms with Crippen LogP contribution in [0.2, 0.25) is 0 Å². The highest BCUT2D eigenvalue weighted by Crippen LogP contribution is 2.32. The minimum atomic E-state index is -4.48. The van der Waals surface area contributed by atoms with Crippen LogP contribution in [0, 0.1) is 0 Å². The normalized spacial score (nSPS) is 14.7. The monoisotopic (exact) mass is 434 g/mol. The van der Waals surface area contributed by atoms with Gasteiger partial charge in [0.1, 0.15) is 0 Å². The van der Waals surface area contributed by atoms with Gasteiger partial charge in [-0.15, -0.1) is 0 Å². The third-order valence-electron chi connectivity index (χ3n) is 4.35. The number of carbonyl (C=O) groups is 1. The highest BCUT2D eigenvalue weighted by atomic mass is 32.2. The van der Waals surface area contributed by atoms with Crippen LogP contribution in [0.15, 0.2) is 47.6 Å². The number of rotatable bonds is 6. The summed E-state index contributed by atoms with van der Waals surface area (Å²) < 4.78 is 75.7. The van der Waals surface area contributed by atoms with Crippen LogP contribution < -0.4 is 0 Å². The van der Waals surface area contributed by atoms with Crippen molar-refractivity contribution in [2.75, 3.05) is 5.75 Å². The van der Waals surface area contributed by atoms with Crippen LogP contribution in [-0.4, -0.2) is 27.6 Å². The number of thioether (sulfide) groups is 1. The number of carbonyl (C=O) groups excluding carboxylic acids is 1. The van der Waals surface area contributed by atoms with Gasteiger partial charge in [0.25, 0.3) is 0 Å². The Morgan fingerprint density at radius 1 is 0.966 bits per heavy atom. The Labute approximate surface area is 167 Å². The van der Waals surface area contributed by atoms with E-state index in [1.807, 2.05) is 0 Å². The average Bonchev–Trinajstić information content (AvgIpc) is 3.48. The molecule has 156 valence electrons. The molecule has 0 N–H and O–H groups in total. The molecule has 1 fully saturated rings. The van der Waals surface area contributed by atoms with Crippen LogP contribution >= 0.6 is 11.8 Å². The number of halogens is 6. The molecule has 2 aromatic rings. The summed E-state index contributed by atoms with van der Waals surface area (Å²) >= 11 is 1.02. The largest absolute Gasteiger partial charge is 0.417 e. The second kappa shape index (κ2) is 8.25. The van der Waals surface area contributed by atoms with E-state index in [1.165, 1.54) is 18.2 Å². The van der Waals surface area contributed by atoms with Crippen molar-refractivity contribution in [1.82, 2.24) is 9.88 Å². The molecule has 1 amide bonds. The summed E-state index contributed by atoms with van der Waals surface area (Å²) in [6.07, 6.45) is -6.55. The molecule has 1 aliphatic carbocycles. The zero-order chi connectivity index (χ0) is 21.2. The summed E-state index contributed by atoms with van der Waals surface area (Å²) in [6.45, 7) is 0.183. The number of hydrogen-bond donors (Lipinski definition) is 0. The van der Waals surface area contributed by atoms with E-state index in [4.69, 9.17) is 0 Å². The SMILES string of the molecule is O=C(CSc1ccc(C(F)(F)F)cn1)N(Cc1ccc(C(F)(F)F)cc1)C1CC1. The van der Waals surface area contributed by atoms with E-state index >= 15 is 0 Å². The predicted octanol–water partition coefficient (Wildman–Crippen LogP) is 5.40. The van der Waals surface area contributed by atoms with Gasteiger partial charge >= 0.3 is 12.4 Å². The lowest BCUT2D eigenvalue weighted by Crippen LogP contribution is -2.34. The molecule has 0 radical (unpaired) electrons. The van der Waals surface area contributed by atoms with E-state index in [1.54, 1.807) is 4.90 Å². The zero-order valence-electron chi connectivity index (χ0n) is 14.9. The zero-order valence-corrected chi connectivity index (χ0v) is 15.7. The number of benzene rings is 1. The molecule has 0 unspecified atom stereocenters. The van der Waals surface area contributed by atoms with Crippen molar-refractivity contribution < 1.29 is 31.1 Å². The van der Waals surface area contributed by atoms with Gasteiger partial charge in [0.05, 0.1) is 21.9 Å². The summed E-state index contributed by atoms with van der Waals surface area (Å²) in [7, 11) is 0. The maximum absolute atomic E-state index is 12.7. The molecular formula is C19H16F6N2OS. The van der Waals surface area contributed by atoms with Crippen LogP contribution in [0.4, 0.5) is 26.3 Å². The molecule has 0 atom stereocenters. The minimum Gasteiger partial charge on any atom is -0.335 e. The molecule has 0 aliphatic heterocycles. The highest BCUT2D eigenvalue weighted by Gasteiger charge is 2.34. The molecule has 0 spiro atoms. The molecule has 29 heavy (non-hydrogen) atoms. The molecule has 1 aliphatic rings. The number of alkyl halides is 6. The summed E-state index contributed by atoms with van der Waals surface area (Å²) in [6, 6.07) is 6.79. The van der Waals surface area contributed by atoms with Crippen LogP contribution in [0.25, 0.3) is 0 Å². The van der Waals surface area contributed by atoms with Gasteiger partial charge in [-0.1, -0.05) is 23.9 Å². The van der Waals surface area contributed by atoms with E-state index in [9.17, 15) is 31.1 Å². The van der Waals surface area contributed by atoms with E-state index < -0.39 is 23.5 Å². The fourth-order valence-corrected chi connectivity index (χ4v) is 3.38. The van der Waals surface area contributed by atoms with Crippen molar-refractivity contribution in [3.8, 4) is 0 Å². The van der Waals surface area contributed by atoms with Gasteiger partial charge in [-0.3, -0.25) is 4.79 Å². The van der Waals surface area contributed by atoms with Crippen LogP contribution in [-0.2, 0) is 23.7 Å². The smallest absolute Gasteiger partial charge is 0.335 e. The molecule has 1 saturated carbocycles. The molecule has 0 saturated heterocycles. The third kappa shape index (κ3) is 5.88. The van der Waals surface area contributed by atoms with Crippen molar-refractivity contribution in [2.24, 2.45) is 0 Å². The highest BCUT2D eigenvalue weighted by molar-refractivity contribution is 7.99. The van der Waals surface area contributed by atoms with Crippen LogP contribution in [0.5, 0.6) is 0 Å². The van der Waals surface area contributed by atoms with Crippen molar-refractivity contribution >= 4 is 17.7 Å². The second-order valence-electron chi connectivity index (χ2n) is 6.62. The molecule has 10 heteroatoms. The predicted molar refractivity (Wildman–Crippen MR) is 95.0 cm³/mol. The summed E-state index contributed by atoms with van der Waals surface area (Å²) in [5.41, 5.74) is -1.04. The number of nitrogens with zero attached hydrogens (tertiary/aromatic N) is 2. The average molecular weight is 434 g/mol. The van der Waals surface area contributed by atoms with E-state index in [0.29, 0.717) is 11.8 Å². The van der Waals surface area contributed by atoms with E-state index in [2.05, 4.69) is 4.98 Å². The standard InChI is InChI=1S/C19H16F6N2OS/c20-18(21,22)13-3-1-12(2-4-13)10-27(15-6-7-15)17(28)11-29-16-8-5-14(9-26-16)19(23,24)25/h1-5,8-9,15H,6-7,10-11H2. The quantitative estimate of drug-likeness (QED) is 0.451. The van der Waals surface area contributed by atoms with Gasteiger partial charge in [-0.2, -0.15) is 26.3 Å².